The molecule has 5 rings (SSSR count). The quantitative estimate of drug-likeness (QED) is 0.900. The van der Waals surface area contributed by atoms with Gasteiger partial charge in [0.2, 0.25) is 0 Å². The molecule has 3 saturated heterocycles. The van der Waals surface area contributed by atoms with Crippen molar-refractivity contribution in [2.45, 2.75) is 63.1 Å². The first-order valence-electron chi connectivity index (χ1n) is 10.2. The normalized spacial score (nSPS) is 32.7. The molecule has 25 heavy (non-hydrogen) atoms. The molecule has 134 valence electrons. The summed E-state index contributed by atoms with van der Waals surface area (Å²) < 4.78 is 0. The zero-order valence-corrected chi connectivity index (χ0v) is 15.0. The Morgan fingerprint density at radius 2 is 1.96 bits per heavy atom. The predicted octanol–water partition coefficient (Wildman–Crippen LogP) is 2.74. The number of carbonyl (C=O) groups excluding carboxylic acids is 1. The molecule has 4 heteroatoms. The van der Waals surface area contributed by atoms with Crippen LogP contribution in [0.5, 0.6) is 0 Å². The molecule has 0 aliphatic carbocycles. The summed E-state index contributed by atoms with van der Waals surface area (Å²) in [7, 11) is 0. The average Bonchev–Trinajstić information content (AvgIpc) is 3.26. The highest BCUT2D eigenvalue weighted by molar-refractivity contribution is 5.98. The first-order valence-corrected chi connectivity index (χ1v) is 10.2. The second-order valence-electron chi connectivity index (χ2n) is 8.40. The molecule has 0 radical (unpaired) electrons. The van der Waals surface area contributed by atoms with E-state index >= 15 is 0 Å². The molecular weight excluding hydrogens is 310 g/mol. The number of amides is 1. The van der Waals surface area contributed by atoms with Crippen molar-refractivity contribution in [2.75, 3.05) is 26.2 Å². The first kappa shape index (κ1) is 15.8. The van der Waals surface area contributed by atoms with E-state index in [1.54, 1.807) is 0 Å². The maximum Gasteiger partial charge on any atom is 0.254 e. The number of nitrogens with one attached hydrogen (secondary N) is 1. The molecule has 1 aromatic rings. The summed E-state index contributed by atoms with van der Waals surface area (Å²) in [6.45, 7) is 5.42. The molecule has 4 heterocycles. The zero-order valence-electron chi connectivity index (χ0n) is 15.0. The van der Waals surface area contributed by atoms with E-state index in [-0.39, 0.29) is 5.91 Å². The van der Waals surface area contributed by atoms with E-state index in [9.17, 15) is 4.79 Å². The van der Waals surface area contributed by atoms with Crippen molar-refractivity contribution in [3.63, 3.8) is 0 Å². The molecule has 4 aliphatic rings. The van der Waals surface area contributed by atoms with Crippen LogP contribution >= 0.6 is 0 Å². The van der Waals surface area contributed by atoms with Crippen LogP contribution in [0, 0.1) is 0 Å². The Kier molecular flexibility index (Phi) is 4.05. The van der Waals surface area contributed by atoms with Crippen molar-refractivity contribution >= 4 is 5.91 Å². The smallest absolute Gasteiger partial charge is 0.254 e. The van der Waals surface area contributed by atoms with Gasteiger partial charge in [-0.1, -0.05) is 12.1 Å². The minimum Gasteiger partial charge on any atom is -0.330 e. The molecule has 1 aromatic carbocycles. The van der Waals surface area contributed by atoms with Gasteiger partial charge in [-0.3, -0.25) is 4.79 Å². The van der Waals surface area contributed by atoms with Crippen LogP contribution < -0.4 is 5.32 Å². The van der Waals surface area contributed by atoms with Gasteiger partial charge in [-0.25, -0.2) is 0 Å². The molecule has 0 aromatic heterocycles. The van der Waals surface area contributed by atoms with E-state index in [0.29, 0.717) is 12.0 Å². The third kappa shape index (κ3) is 2.80. The minimum atomic E-state index is 0.251. The van der Waals surface area contributed by atoms with Crippen LogP contribution in [0.1, 0.15) is 65.9 Å². The standard InChI is InChI=1S/C21H29N3O/c25-21-20-6-5-15(16-7-10-23-9-2-4-18(23)12-16)11-17(20)14-24(21)19-3-1-8-22-13-19/h5-6,11,16,18-19,22H,1-4,7-10,12-14H2. The van der Waals surface area contributed by atoms with Crippen molar-refractivity contribution in [2.24, 2.45) is 0 Å². The molecule has 3 unspecified atom stereocenters. The van der Waals surface area contributed by atoms with Crippen LogP contribution in [-0.2, 0) is 6.54 Å². The highest BCUT2D eigenvalue weighted by atomic mass is 16.2. The third-order valence-electron chi connectivity index (χ3n) is 6.96. The van der Waals surface area contributed by atoms with Crippen molar-refractivity contribution in [1.82, 2.24) is 15.1 Å². The average molecular weight is 339 g/mol. The Labute approximate surface area is 150 Å². The summed E-state index contributed by atoms with van der Waals surface area (Å²) in [4.78, 5) is 17.6. The Hall–Kier alpha value is -1.39. The highest BCUT2D eigenvalue weighted by Gasteiger charge is 2.35. The van der Waals surface area contributed by atoms with Crippen LogP contribution in [0.25, 0.3) is 0 Å². The van der Waals surface area contributed by atoms with E-state index in [0.717, 1.165) is 37.7 Å². The maximum absolute atomic E-state index is 12.8. The second kappa shape index (κ2) is 6.40. The van der Waals surface area contributed by atoms with Crippen LogP contribution in [-0.4, -0.2) is 54.0 Å². The van der Waals surface area contributed by atoms with E-state index < -0.39 is 0 Å². The summed E-state index contributed by atoms with van der Waals surface area (Å²) in [5.74, 6) is 0.936. The highest BCUT2D eigenvalue weighted by Crippen LogP contribution is 2.38. The molecule has 0 spiro atoms. The zero-order chi connectivity index (χ0) is 16.8. The number of benzene rings is 1. The maximum atomic E-state index is 12.8. The second-order valence-corrected chi connectivity index (χ2v) is 8.40. The number of piperidine rings is 2. The molecule has 4 aliphatic heterocycles. The number of hydrogen-bond acceptors (Lipinski definition) is 3. The van der Waals surface area contributed by atoms with E-state index in [1.165, 1.54) is 56.3 Å². The van der Waals surface area contributed by atoms with E-state index in [2.05, 4.69) is 33.3 Å². The Balaban J connectivity index is 1.34. The monoisotopic (exact) mass is 339 g/mol. The van der Waals surface area contributed by atoms with Crippen LogP contribution in [0.15, 0.2) is 18.2 Å². The minimum absolute atomic E-state index is 0.251. The largest absolute Gasteiger partial charge is 0.330 e. The number of hydrogen-bond donors (Lipinski definition) is 1. The number of fused-ring (bicyclic) bond motifs is 2. The summed E-state index contributed by atoms with van der Waals surface area (Å²) in [5.41, 5.74) is 3.69. The fourth-order valence-electron chi connectivity index (χ4n) is 5.54. The SMILES string of the molecule is O=C1c2ccc(C3CCN4CCCC4C3)cc2CN1C1CCCNC1. The Morgan fingerprint density at radius 3 is 2.84 bits per heavy atom. The summed E-state index contributed by atoms with van der Waals surface area (Å²) in [6, 6.07) is 7.90. The number of nitrogens with zero attached hydrogens (tertiary/aromatic N) is 2. The molecule has 0 bridgehead atoms. The van der Waals surface area contributed by atoms with Crippen LogP contribution in [0.3, 0.4) is 0 Å². The lowest BCUT2D eigenvalue weighted by atomic mass is 9.84. The lowest BCUT2D eigenvalue weighted by Crippen LogP contribution is -2.46. The van der Waals surface area contributed by atoms with E-state index in [1.807, 2.05) is 0 Å². The molecule has 4 nitrogen and oxygen atoms in total. The van der Waals surface area contributed by atoms with Gasteiger partial charge in [0.15, 0.2) is 0 Å². The molecule has 3 atom stereocenters. The number of carbonyl (C=O) groups is 1. The summed E-state index contributed by atoms with van der Waals surface area (Å²) in [6.07, 6.45) is 7.65. The van der Waals surface area contributed by atoms with Crippen molar-refractivity contribution in [3.05, 3.63) is 34.9 Å². The fourth-order valence-corrected chi connectivity index (χ4v) is 5.54. The van der Waals surface area contributed by atoms with Gasteiger partial charge >= 0.3 is 0 Å². The lowest BCUT2D eigenvalue weighted by Gasteiger charge is -2.35. The van der Waals surface area contributed by atoms with Crippen molar-refractivity contribution in [3.8, 4) is 0 Å². The van der Waals surface area contributed by atoms with Gasteiger partial charge in [0.1, 0.15) is 0 Å². The third-order valence-corrected chi connectivity index (χ3v) is 6.96. The topological polar surface area (TPSA) is 35.6 Å². The fraction of sp³-hybridized carbons (Fsp3) is 0.667. The summed E-state index contributed by atoms with van der Waals surface area (Å²) >= 11 is 0. The molecule has 0 saturated carbocycles. The van der Waals surface area contributed by atoms with Gasteiger partial charge < -0.3 is 15.1 Å². The van der Waals surface area contributed by atoms with Gasteiger partial charge in [0, 0.05) is 30.7 Å². The van der Waals surface area contributed by atoms with Gasteiger partial charge in [-0.15, -0.1) is 0 Å². The molecule has 1 amide bonds. The number of rotatable bonds is 2. The van der Waals surface area contributed by atoms with Crippen LogP contribution in [0.4, 0.5) is 0 Å². The molecule has 3 fully saturated rings. The first-order chi connectivity index (χ1) is 12.3. The van der Waals surface area contributed by atoms with Crippen LogP contribution in [0.2, 0.25) is 0 Å². The Bertz CT molecular complexity index is 667. The van der Waals surface area contributed by atoms with Gasteiger partial charge in [0.05, 0.1) is 0 Å². The van der Waals surface area contributed by atoms with Gasteiger partial charge in [-0.05, 0) is 81.3 Å². The lowest BCUT2D eigenvalue weighted by molar-refractivity contribution is 0.0674. The Morgan fingerprint density at radius 1 is 1.04 bits per heavy atom. The molecule has 1 N–H and O–H groups in total. The molecular formula is C21H29N3O. The van der Waals surface area contributed by atoms with E-state index in [4.69, 9.17) is 0 Å². The summed E-state index contributed by atoms with van der Waals surface area (Å²) in [5, 5.41) is 3.44. The predicted molar refractivity (Wildman–Crippen MR) is 98.8 cm³/mol. The van der Waals surface area contributed by atoms with Crippen molar-refractivity contribution in [1.29, 1.82) is 0 Å². The van der Waals surface area contributed by atoms with Crippen molar-refractivity contribution < 1.29 is 4.79 Å². The van der Waals surface area contributed by atoms with Gasteiger partial charge in [0.25, 0.3) is 5.91 Å². The van der Waals surface area contributed by atoms with Gasteiger partial charge in [-0.2, -0.15) is 0 Å².